The molecule has 1 aromatic rings. The third-order valence-corrected chi connectivity index (χ3v) is 3.40. The molecule has 1 aromatic heterocycles. The summed E-state index contributed by atoms with van der Waals surface area (Å²) in [6, 6.07) is 1.68. The van der Waals surface area contributed by atoms with E-state index >= 15 is 0 Å². The molecule has 106 valence electrons. The molecule has 19 heavy (non-hydrogen) atoms. The van der Waals surface area contributed by atoms with Crippen LogP contribution in [0.5, 0.6) is 0 Å². The molecular weight excluding hydrogens is 264 g/mol. The zero-order valence-electron chi connectivity index (χ0n) is 11.2. The van der Waals surface area contributed by atoms with Gasteiger partial charge in [-0.25, -0.2) is 4.79 Å². The second kappa shape index (κ2) is 7.78. The molecule has 0 aliphatic rings. The topological polar surface area (TPSA) is 78.4 Å². The number of hydrogen-bond donors (Lipinski definition) is 3. The highest BCUT2D eigenvalue weighted by molar-refractivity contribution is 7.07. The number of carboxylic acid groups (broad SMARTS) is 1. The van der Waals surface area contributed by atoms with Crippen LogP contribution in [0.15, 0.2) is 16.8 Å². The Morgan fingerprint density at radius 2 is 2.00 bits per heavy atom. The Morgan fingerprint density at radius 3 is 2.58 bits per heavy atom. The molecular formula is C13H20N2O3S. The van der Waals surface area contributed by atoms with E-state index in [1.807, 2.05) is 18.4 Å². The SMILES string of the molecule is CC(CCC(=O)O)NC(=O)NC(C)Cc1ccsc1. The van der Waals surface area contributed by atoms with Gasteiger partial charge in [0.05, 0.1) is 0 Å². The molecule has 5 nitrogen and oxygen atoms in total. The predicted octanol–water partition coefficient (Wildman–Crippen LogP) is 2.23. The second-order valence-corrected chi connectivity index (χ2v) is 5.47. The number of carbonyl (C=O) groups is 2. The van der Waals surface area contributed by atoms with Crippen LogP contribution < -0.4 is 10.6 Å². The van der Waals surface area contributed by atoms with Crippen molar-refractivity contribution in [1.29, 1.82) is 0 Å². The maximum atomic E-state index is 11.7. The Kier molecular flexibility index (Phi) is 6.35. The van der Waals surface area contributed by atoms with Crippen molar-refractivity contribution >= 4 is 23.3 Å². The number of urea groups is 1. The van der Waals surface area contributed by atoms with Crippen molar-refractivity contribution in [3.8, 4) is 0 Å². The fourth-order valence-electron chi connectivity index (χ4n) is 1.71. The Hall–Kier alpha value is -1.56. The van der Waals surface area contributed by atoms with Crippen LogP contribution in [0.1, 0.15) is 32.3 Å². The zero-order valence-corrected chi connectivity index (χ0v) is 12.0. The minimum atomic E-state index is -0.847. The van der Waals surface area contributed by atoms with Crippen molar-refractivity contribution in [3.63, 3.8) is 0 Å². The lowest BCUT2D eigenvalue weighted by molar-refractivity contribution is -0.137. The van der Waals surface area contributed by atoms with Gasteiger partial charge in [0.15, 0.2) is 0 Å². The second-order valence-electron chi connectivity index (χ2n) is 4.69. The first kappa shape index (κ1) is 15.5. The van der Waals surface area contributed by atoms with Crippen LogP contribution in [0.4, 0.5) is 4.79 Å². The lowest BCUT2D eigenvalue weighted by Gasteiger charge is -2.17. The van der Waals surface area contributed by atoms with Gasteiger partial charge in [-0.3, -0.25) is 4.79 Å². The number of hydrogen-bond acceptors (Lipinski definition) is 3. The van der Waals surface area contributed by atoms with Crippen molar-refractivity contribution < 1.29 is 14.7 Å². The maximum Gasteiger partial charge on any atom is 0.315 e. The molecule has 0 aromatic carbocycles. The van der Waals surface area contributed by atoms with Crippen LogP contribution >= 0.6 is 11.3 Å². The number of aliphatic carboxylic acids is 1. The predicted molar refractivity (Wildman–Crippen MR) is 75.5 cm³/mol. The molecule has 2 atom stereocenters. The minimum absolute atomic E-state index is 0.0428. The summed E-state index contributed by atoms with van der Waals surface area (Å²) in [5.74, 6) is -0.847. The van der Waals surface area contributed by atoms with E-state index in [0.29, 0.717) is 6.42 Å². The largest absolute Gasteiger partial charge is 0.481 e. The molecule has 0 saturated heterocycles. The van der Waals surface area contributed by atoms with E-state index in [0.717, 1.165) is 6.42 Å². The van der Waals surface area contributed by atoms with E-state index in [9.17, 15) is 9.59 Å². The highest BCUT2D eigenvalue weighted by atomic mass is 32.1. The Labute approximate surface area is 117 Å². The van der Waals surface area contributed by atoms with Crippen molar-refractivity contribution in [1.82, 2.24) is 10.6 Å². The monoisotopic (exact) mass is 284 g/mol. The smallest absolute Gasteiger partial charge is 0.315 e. The average molecular weight is 284 g/mol. The van der Waals surface area contributed by atoms with Gasteiger partial charge in [-0.1, -0.05) is 0 Å². The molecule has 3 N–H and O–H groups in total. The molecule has 2 amide bonds. The van der Waals surface area contributed by atoms with Crippen molar-refractivity contribution in [2.24, 2.45) is 0 Å². The third-order valence-electron chi connectivity index (χ3n) is 2.67. The molecule has 0 aliphatic carbocycles. The first-order valence-electron chi connectivity index (χ1n) is 6.27. The molecule has 1 rings (SSSR count). The number of thiophene rings is 1. The molecule has 0 aliphatic heterocycles. The minimum Gasteiger partial charge on any atom is -0.481 e. The van der Waals surface area contributed by atoms with Crippen LogP contribution in [0.2, 0.25) is 0 Å². The number of nitrogens with one attached hydrogen (secondary N) is 2. The molecule has 0 bridgehead atoms. The Morgan fingerprint density at radius 1 is 1.32 bits per heavy atom. The number of amides is 2. The third kappa shape index (κ3) is 6.81. The maximum absolute atomic E-state index is 11.7. The first-order chi connectivity index (χ1) is 8.97. The van der Waals surface area contributed by atoms with Gasteiger partial charge >= 0.3 is 12.0 Å². The van der Waals surface area contributed by atoms with Gasteiger partial charge in [-0.05, 0) is 49.1 Å². The van der Waals surface area contributed by atoms with E-state index in [-0.39, 0.29) is 24.5 Å². The van der Waals surface area contributed by atoms with Crippen molar-refractivity contribution in [3.05, 3.63) is 22.4 Å². The molecule has 0 saturated carbocycles. The standard InChI is InChI=1S/C13H20N2O3S/c1-9(3-4-12(16)17)14-13(18)15-10(2)7-11-5-6-19-8-11/h5-6,8-10H,3-4,7H2,1-2H3,(H,16,17)(H2,14,15,18). The molecule has 0 radical (unpaired) electrons. The molecule has 6 heteroatoms. The summed E-state index contributed by atoms with van der Waals surface area (Å²) in [6.07, 6.45) is 1.29. The molecule has 2 unspecified atom stereocenters. The van der Waals surface area contributed by atoms with Crippen LogP contribution in [-0.4, -0.2) is 29.2 Å². The van der Waals surface area contributed by atoms with E-state index in [1.165, 1.54) is 5.56 Å². The fraction of sp³-hybridized carbons (Fsp3) is 0.538. The van der Waals surface area contributed by atoms with Gasteiger partial charge in [-0.15, -0.1) is 0 Å². The van der Waals surface area contributed by atoms with E-state index < -0.39 is 5.97 Å². The van der Waals surface area contributed by atoms with Gasteiger partial charge in [0, 0.05) is 18.5 Å². The summed E-state index contributed by atoms with van der Waals surface area (Å²) >= 11 is 1.64. The van der Waals surface area contributed by atoms with E-state index in [2.05, 4.69) is 16.0 Å². The van der Waals surface area contributed by atoms with E-state index in [4.69, 9.17) is 5.11 Å². The Bertz CT molecular complexity index is 406. The molecule has 1 heterocycles. The van der Waals surface area contributed by atoms with Crippen LogP contribution in [0.3, 0.4) is 0 Å². The quantitative estimate of drug-likeness (QED) is 0.718. The van der Waals surface area contributed by atoms with Crippen LogP contribution in [-0.2, 0) is 11.2 Å². The number of carboxylic acids is 1. The summed E-state index contributed by atoms with van der Waals surface area (Å²) in [5.41, 5.74) is 1.21. The van der Waals surface area contributed by atoms with Gasteiger partial charge in [0.25, 0.3) is 0 Å². The van der Waals surface area contributed by atoms with Crippen LogP contribution in [0, 0.1) is 0 Å². The van der Waals surface area contributed by atoms with Crippen molar-refractivity contribution in [2.45, 2.75) is 45.2 Å². The van der Waals surface area contributed by atoms with E-state index in [1.54, 1.807) is 18.3 Å². The average Bonchev–Trinajstić information content (AvgIpc) is 2.78. The van der Waals surface area contributed by atoms with Gasteiger partial charge in [-0.2, -0.15) is 11.3 Å². The van der Waals surface area contributed by atoms with Gasteiger partial charge in [0.2, 0.25) is 0 Å². The summed E-state index contributed by atoms with van der Waals surface area (Å²) < 4.78 is 0. The summed E-state index contributed by atoms with van der Waals surface area (Å²) in [4.78, 5) is 22.1. The van der Waals surface area contributed by atoms with Gasteiger partial charge in [0.1, 0.15) is 0 Å². The lowest BCUT2D eigenvalue weighted by atomic mass is 10.1. The highest BCUT2D eigenvalue weighted by Crippen LogP contribution is 2.08. The normalized spacial score (nSPS) is 13.6. The fourth-order valence-corrected chi connectivity index (χ4v) is 2.40. The zero-order chi connectivity index (χ0) is 14.3. The summed E-state index contributed by atoms with van der Waals surface area (Å²) in [7, 11) is 0. The molecule has 0 spiro atoms. The first-order valence-corrected chi connectivity index (χ1v) is 7.21. The summed E-state index contributed by atoms with van der Waals surface area (Å²) in [5, 5.41) is 18.2. The van der Waals surface area contributed by atoms with Crippen molar-refractivity contribution in [2.75, 3.05) is 0 Å². The van der Waals surface area contributed by atoms with Crippen LogP contribution in [0.25, 0.3) is 0 Å². The number of carbonyl (C=O) groups excluding carboxylic acids is 1. The summed E-state index contributed by atoms with van der Waals surface area (Å²) in [6.45, 7) is 3.74. The lowest BCUT2D eigenvalue weighted by Crippen LogP contribution is -2.45. The number of rotatable bonds is 7. The van der Waals surface area contributed by atoms with Gasteiger partial charge < -0.3 is 15.7 Å². The highest BCUT2D eigenvalue weighted by Gasteiger charge is 2.11. The molecule has 0 fully saturated rings. The Balaban J connectivity index is 2.24.